The highest BCUT2D eigenvalue weighted by Gasteiger charge is 2.22. The Kier molecular flexibility index (Phi) is 6.81. The van der Waals surface area contributed by atoms with E-state index in [1.165, 1.54) is 12.3 Å². The maximum absolute atomic E-state index is 13.5. The van der Waals surface area contributed by atoms with Crippen LogP contribution in [0.3, 0.4) is 0 Å². The van der Waals surface area contributed by atoms with Crippen molar-refractivity contribution in [3.05, 3.63) is 137 Å². The Morgan fingerprint density at radius 2 is 1.48 bits per heavy atom. The van der Waals surface area contributed by atoms with Crippen molar-refractivity contribution in [3.63, 3.8) is 0 Å². The van der Waals surface area contributed by atoms with Crippen molar-refractivity contribution in [2.75, 3.05) is 0 Å². The SMILES string of the molecule is Cc1ccccc1[C@H](NC(=O)/C(=C/c1ccco1)NC(=O)c1ccccc1)c1ccccc1. The summed E-state index contributed by atoms with van der Waals surface area (Å²) in [5, 5.41) is 5.84. The minimum atomic E-state index is -0.423. The standard InChI is InChI=1S/C28H24N2O3/c1-20-11-8-9-17-24(20)26(21-12-4-2-5-13-21)30-28(32)25(19-23-16-10-18-33-23)29-27(31)22-14-6-3-7-15-22/h2-19,26H,1H3,(H,29,31)(H,30,32)/b25-19-/t26-/m1/s1. The molecule has 5 heteroatoms. The number of benzene rings is 3. The topological polar surface area (TPSA) is 71.3 Å². The second-order valence-electron chi connectivity index (χ2n) is 7.57. The zero-order valence-electron chi connectivity index (χ0n) is 18.2. The largest absolute Gasteiger partial charge is 0.465 e. The summed E-state index contributed by atoms with van der Waals surface area (Å²) in [4.78, 5) is 26.3. The molecule has 4 rings (SSSR count). The highest BCUT2D eigenvalue weighted by atomic mass is 16.3. The lowest BCUT2D eigenvalue weighted by Crippen LogP contribution is -2.37. The molecule has 0 saturated heterocycles. The van der Waals surface area contributed by atoms with E-state index < -0.39 is 11.9 Å². The summed E-state index contributed by atoms with van der Waals surface area (Å²) < 4.78 is 5.39. The van der Waals surface area contributed by atoms with Crippen molar-refractivity contribution in [2.45, 2.75) is 13.0 Å². The molecule has 2 amide bonds. The van der Waals surface area contributed by atoms with Gasteiger partial charge in [0.05, 0.1) is 12.3 Å². The molecular weight excluding hydrogens is 412 g/mol. The predicted molar refractivity (Wildman–Crippen MR) is 128 cm³/mol. The fraction of sp³-hybridized carbons (Fsp3) is 0.0714. The predicted octanol–water partition coefficient (Wildman–Crippen LogP) is 5.26. The Morgan fingerprint density at radius 1 is 0.818 bits per heavy atom. The van der Waals surface area contributed by atoms with Crippen LogP contribution in [-0.4, -0.2) is 11.8 Å². The fourth-order valence-corrected chi connectivity index (χ4v) is 3.56. The van der Waals surface area contributed by atoms with Crippen molar-refractivity contribution in [1.29, 1.82) is 0 Å². The summed E-state index contributed by atoms with van der Waals surface area (Å²) in [7, 11) is 0. The van der Waals surface area contributed by atoms with Gasteiger partial charge in [-0.15, -0.1) is 0 Å². The Labute approximate surface area is 192 Å². The number of furan rings is 1. The highest BCUT2D eigenvalue weighted by Crippen LogP contribution is 2.25. The molecule has 2 N–H and O–H groups in total. The third-order valence-corrected chi connectivity index (χ3v) is 5.27. The molecule has 0 aliphatic rings. The number of carbonyl (C=O) groups is 2. The molecule has 5 nitrogen and oxygen atoms in total. The quantitative estimate of drug-likeness (QED) is 0.388. The number of aryl methyl sites for hydroxylation is 1. The van der Waals surface area contributed by atoms with Crippen molar-refractivity contribution < 1.29 is 14.0 Å². The van der Waals surface area contributed by atoms with E-state index in [2.05, 4.69) is 10.6 Å². The number of carbonyl (C=O) groups excluding carboxylic acids is 2. The number of amides is 2. The zero-order valence-corrected chi connectivity index (χ0v) is 18.2. The highest BCUT2D eigenvalue weighted by molar-refractivity contribution is 6.05. The molecule has 164 valence electrons. The van der Waals surface area contributed by atoms with Gasteiger partial charge in [0.1, 0.15) is 11.5 Å². The molecule has 3 aromatic carbocycles. The molecule has 0 fully saturated rings. The summed E-state index contributed by atoms with van der Waals surface area (Å²) in [5.41, 5.74) is 3.51. The molecule has 4 aromatic rings. The van der Waals surface area contributed by atoms with Crippen LogP contribution < -0.4 is 10.6 Å². The lowest BCUT2D eigenvalue weighted by atomic mass is 9.95. The molecule has 1 heterocycles. The molecule has 1 aromatic heterocycles. The summed E-state index contributed by atoms with van der Waals surface area (Å²) >= 11 is 0. The molecule has 0 spiro atoms. The first-order valence-electron chi connectivity index (χ1n) is 10.6. The van der Waals surface area contributed by atoms with Crippen molar-refractivity contribution >= 4 is 17.9 Å². The van der Waals surface area contributed by atoms with E-state index >= 15 is 0 Å². The number of hydrogen-bond donors (Lipinski definition) is 2. The molecule has 0 radical (unpaired) electrons. The summed E-state index contributed by atoms with van der Waals surface area (Å²) in [6, 6.07) is 29.5. The monoisotopic (exact) mass is 436 g/mol. The van der Waals surface area contributed by atoms with Crippen LogP contribution in [0.15, 0.2) is 113 Å². The molecule has 0 aliphatic carbocycles. The molecule has 1 atom stereocenters. The van der Waals surface area contributed by atoms with E-state index in [4.69, 9.17) is 4.42 Å². The minimum Gasteiger partial charge on any atom is -0.465 e. The van der Waals surface area contributed by atoms with Crippen LogP contribution in [0.4, 0.5) is 0 Å². The first-order valence-corrected chi connectivity index (χ1v) is 10.6. The first kappa shape index (κ1) is 21.8. The van der Waals surface area contributed by atoms with Gasteiger partial charge in [-0.05, 0) is 47.9 Å². The van der Waals surface area contributed by atoms with Gasteiger partial charge in [-0.2, -0.15) is 0 Å². The van der Waals surface area contributed by atoms with E-state index in [1.807, 2.05) is 67.6 Å². The fourth-order valence-electron chi connectivity index (χ4n) is 3.56. The van der Waals surface area contributed by atoms with Crippen LogP contribution in [0.1, 0.15) is 38.9 Å². The van der Waals surface area contributed by atoms with Crippen LogP contribution in [0.2, 0.25) is 0 Å². The summed E-state index contributed by atoms with van der Waals surface area (Å²) in [6.07, 6.45) is 3.04. The second-order valence-corrected chi connectivity index (χ2v) is 7.57. The Bertz CT molecular complexity index is 1250. The van der Waals surface area contributed by atoms with Crippen LogP contribution in [0, 0.1) is 6.92 Å². The van der Waals surface area contributed by atoms with Gasteiger partial charge in [-0.25, -0.2) is 0 Å². The third-order valence-electron chi connectivity index (χ3n) is 5.27. The summed E-state index contributed by atoms with van der Waals surface area (Å²) in [6.45, 7) is 2.01. The van der Waals surface area contributed by atoms with Gasteiger partial charge in [0.15, 0.2) is 0 Å². The average Bonchev–Trinajstić information content (AvgIpc) is 3.37. The van der Waals surface area contributed by atoms with E-state index in [-0.39, 0.29) is 11.6 Å². The first-order chi connectivity index (χ1) is 16.1. The van der Waals surface area contributed by atoms with Gasteiger partial charge in [0.2, 0.25) is 0 Å². The Balaban J connectivity index is 1.67. The lowest BCUT2D eigenvalue weighted by Gasteiger charge is -2.22. The third kappa shape index (κ3) is 5.46. The normalized spacial score (nSPS) is 12.1. The van der Waals surface area contributed by atoms with Crippen LogP contribution in [-0.2, 0) is 4.79 Å². The molecule has 0 unspecified atom stereocenters. The van der Waals surface area contributed by atoms with E-state index in [1.54, 1.807) is 36.4 Å². The molecule has 0 bridgehead atoms. The molecule has 33 heavy (non-hydrogen) atoms. The van der Waals surface area contributed by atoms with Crippen molar-refractivity contribution in [1.82, 2.24) is 10.6 Å². The van der Waals surface area contributed by atoms with Crippen molar-refractivity contribution in [3.8, 4) is 0 Å². The van der Waals surface area contributed by atoms with Crippen LogP contribution in [0.5, 0.6) is 0 Å². The minimum absolute atomic E-state index is 0.0910. The molecule has 0 saturated carbocycles. The zero-order chi connectivity index (χ0) is 23.0. The lowest BCUT2D eigenvalue weighted by molar-refractivity contribution is -0.118. The summed E-state index contributed by atoms with van der Waals surface area (Å²) in [5.74, 6) is -0.343. The molecular formula is C28H24N2O3. The number of hydrogen-bond acceptors (Lipinski definition) is 3. The van der Waals surface area contributed by atoms with Gasteiger partial charge < -0.3 is 15.1 Å². The smallest absolute Gasteiger partial charge is 0.268 e. The van der Waals surface area contributed by atoms with Gasteiger partial charge in [-0.1, -0.05) is 72.8 Å². The number of rotatable bonds is 7. The van der Waals surface area contributed by atoms with Gasteiger partial charge in [0.25, 0.3) is 11.8 Å². The Morgan fingerprint density at radius 3 is 2.15 bits per heavy atom. The van der Waals surface area contributed by atoms with Crippen molar-refractivity contribution in [2.24, 2.45) is 0 Å². The maximum Gasteiger partial charge on any atom is 0.268 e. The second kappa shape index (κ2) is 10.3. The van der Waals surface area contributed by atoms with E-state index in [9.17, 15) is 9.59 Å². The van der Waals surface area contributed by atoms with Crippen LogP contribution >= 0.6 is 0 Å². The average molecular weight is 437 g/mol. The van der Waals surface area contributed by atoms with Crippen LogP contribution in [0.25, 0.3) is 6.08 Å². The maximum atomic E-state index is 13.5. The molecule has 0 aliphatic heterocycles. The number of nitrogens with one attached hydrogen (secondary N) is 2. The Hall–Kier alpha value is -4.38. The van der Waals surface area contributed by atoms with E-state index in [0.29, 0.717) is 11.3 Å². The van der Waals surface area contributed by atoms with Gasteiger partial charge in [-0.3, -0.25) is 9.59 Å². The van der Waals surface area contributed by atoms with Gasteiger partial charge >= 0.3 is 0 Å². The van der Waals surface area contributed by atoms with Gasteiger partial charge in [0, 0.05) is 11.6 Å². The van der Waals surface area contributed by atoms with E-state index in [0.717, 1.165) is 16.7 Å².